The first-order valence-electron chi connectivity index (χ1n) is 6.20. The van der Waals surface area contributed by atoms with E-state index in [2.05, 4.69) is 21.8 Å². The first kappa shape index (κ1) is 11.4. The molecule has 0 saturated carbocycles. The summed E-state index contributed by atoms with van der Waals surface area (Å²) in [5.74, 6) is 3.55. The number of anilines is 1. The minimum Gasteiger partial charge on any atom is -0.369 e. The smallest absolute Gasteiger partial charge is 0.173 e. The highest BCUT2D eigenvalue weighted by Crippen LogP contribution is 2.34. The summed E-state index contributed by atoms with van der Waals surface area (Å²) in [6.45, 7) is 5.30. The van der Waals surface area contributed by atoms with E-state index in [9.17, 15) is 0 Å². The third-order valence-corrected chi connectivity index (χ3v) is 3.49. The zero-order chi connectivity index (χ0) is 12.4. The molecule has 0 bridgehead atoms. The molecule has 4 nitrogen and oxygen atoms in total. The van der Waals surface area contributed by atoms with Gasteiger partial charge in [0.2, 0.25) is 0 Å². The van der Waals surface area contributed by atoms with E-state index in [4.69, 9.17) is 16.2 Å². The van der Waals surface area contributed by atoms with Gasteiger partial charge < -0.3 is 9.79 Å². The number of piperazine rings is 1. The molecule has 4 heteroatoms. The van der Waals surface area contributed by atoms with Gasteiger partial charge in [-0.3, -0.25) is 4.90 Å². The number of benzene rings is 1. The van der Waals surface area contributed by atoms with Crippen LogP contribution in [-0.4, -0.2) is 37.6 Å². The SMILES string of the molecule is C#CCN1CCN(c2cccc3c2COO3)CC1. The molecule has 1 aromatic carbocycles. The van der Waals surface area contributed by atoms with Gasteiger partial charge in [-0.1, -0.05) is 12.0 Å². The maximum atomic E-state index is 5.34. The Labute approximate surface area is 107 Å². The van der Waals surface area contributed by atoms with E-state index in [1.54, 1.807) is 0 Å². The van der Waals surface area contributed by atoms with Crippen LogP contribution < -0.4 is 9.79 Å². The number of terminal acetylenes is 1. The first-order valence-corrected chi connectivity index (χ1v) is 6.20. The molecule has 0 N–H and O–H groups in total. The van der Waals surface area contributed by atoms with Crippen LogP contribution in [-0.2, 0) is 11.5 Å². The van der Waals surface area contributed by atoms with Gasteiger partial charge in [0.25, 0.3) is 0 Å². The van der Waals surface area contributed by atoms with Crippen molar-refractivity contribution in [2.24, 2.45) is 0 Å². The second-order valence-corrected chi connectivity index (χ2v) is 4.57. The van der Waals surface area contributed by atoms with Crippen LogP contribution in [0.4, 0.5) is 5.69 Å². The monoisotopic (exact) mass is 244 g/mol. The molecule has 18 heavy (non-hydrogen) atoms. The largest absolute Gasteiger partial charge is 0.369 e. The predicted octanol–water partition coefficient (Wildman–Crippen LogP) is 1.27. The second kappa shape index (κ2) is 4.89. The molecular formula is C14H16N2O2. The number of hydrogen-bond acceptors (Lipinski definition) is 4. The Morgan fingerprint density at radius 2 is 2.06 bits per heavy atom. The van der Waals surface area contributed by atoms with Crippen molar-refractivity contribution in [3.05, 3.63) is 23.8 Å². The molecule has 1 fully saturated rings. The van der Waals surface area contributed by atoms with Gasteiger partial charge in [-0.05, 0) is 12.1 Å². The first-order chi connectivity index (χ1) is 8.88. The van der Waals surface area contributed by atoms with Crippen LogP contribution >= 0.6 is 0 Å². The fourth-order valence-electron chi connectivity index (χ4n) is 2.50. The van der Waals surface area contributed by atoms with E-state index in [0.29, 0.717) is 6.61 Å². The Morgan fingerprint density at radius 1 is 1.22 bits per heavy atom. The molecule has 2 aliphatic rings. The third-order valence-electron chi connectivity index (χ3n) is 3.49. The normalized spacial score (nSPS) is 19.2. The van der Waals surface area contributed by atoms with Gasteiger partial charge in [-0.15, -0.1) is 6.42 Å². The maximum Gasteiger partial charge on any atom is 0.173 e. The Hall–Kier alpha value is -1.70. The van der Waals surface area contributed by atoms with E-state index >= 15 is 0 Å². The molecule has 0 radical (unpaired) electrons. The second-order valence-electron chi connectivity index (χ2n) is 4.57. The Morgan fingerprint density at radius 3 is 2.83 bits per heavy atom. The van der Waals surface area contributed by atoms with Crippen LogP contribution in [0, 0.1) is 12.3 Å². The summed E-state index contributed by atoms with van der Waals surface area (Å²) >= 11 is 0. The molecule has 0 atom stereocenters. The van der Waals surface area contributed by atoms with Crippen LogP contribution in [0.1, 0.15) is 5.56 Å². The molecule has 0 unspecified atom stereocenters. The minimum absolute atomic E-state index is 0.538. The molecule has 0 spiro atoms. The van der Waals surface area contributed by atoms with E-state index in [1.165, 1.54) is 5.69 Å². The highest BCUT2D eigenvalue weighted by molar-refractivity contribution is 5.60. The summed E-state index contributed by atoms with van der Waals surface area (Å²) in [5, 5.41) is 0. The molecular weight excluding hydrogens is 228 g/mol. The van der Waals surface area contributed by atoms with Crippen molar-refractivity contribution in [1.82, 2.24) is 4.90 Å². The number of rotatable bonds is 2. The molecule has 94 valence electrons. The summed E-state index contributed by atoms with van der Waals surface area (Å²) in [6, 6.07) is 6.09. The zero-order valence-corrected chi connectivity index (χ0v) is 10.3. The summed E-state index contributed by atoms with van der Waals surface area (Å²) in [5.41, 5.74) is 2.38. The molecule has 0 aromatic heterocycles. The summed E-state index contributed by atoms with van der Waals surface area (Å²) in [6.07, 6.45) is 5.34. The van der Waals surface area contributed by atoms with Crippen LogP contribution in [0.5, 0.6) is 5.75 Å². The summed E-state index contributed by atoms with van der Waals surface area (Å²) in [4.78, 5) is 14.8. The van der Waals surface area contributed by atoms with E-state index in [-0.39, 0.29) is 0 Å². The highest BCUT2D eigenvalue weighted by atomic mass is 17.2. The van der Waals surface area contributed by atoms with E-state index in [0.717, 1.165) is 44.0 Å². The Kier molecular flexibility index (Phi) is 3.09. The van der Waals surface area contributed by atoms with Crippen molar-refractivity contribution < 1.29 is 9.78 Å². The molecule has 1 saturated heterocycles. The van der Waals surface area contributed by atoms with Crippen molar-refractivity contribution in [2.45, 2.75) is 6.61 Å². The van der Waals surface area contributed by atoms with Gasteiger partial charge in [0.05, 0.1) is 12.1 Å². The lowest BCUT2D eigenvalue weighted by Crippen LogP contribution is -2.46. The van der Waals surface area contributed by atoms with Crippen LogP contribution in [0.2, 0.25) is 0 Å². The Bertz CT molecular complexity index is 473. The van der Waals surface area contributed by atoms with Crippen molar-refractivity contribution in [2.75, 3.05) is 37.6 Å². The lowest BCUT2D eigenvalue weighted by atomic mass is 10.1. The minimum atomic E-state index is 0.538. The van der Waals surface area contributed by atoms with Gasteiger partial charge in [0, 0.05) is 31.9 Å². The third kappa shape index (κ3) is 2.03. The zero-order valence-electron chi connectivity index (χ0n) is 10.3. The molecule has 3 rings (SSSR count). The van der Waals surface area contributed by atoms with Crippen molar-refractivity contribution in [1.29, 1.82) is 0 Å². The van der Waals surface area contributed by atoms with Gasteiger partial charge >= 0.3 is 0 Å². The van der Waals surface area contributed by atoms with Crippen LogP contribution in [0.15, 0.2) is 18.2 Å². The average molecular weight is 244 g/mol. The molecule has 2 aliphatic heterocycles. The van der Waals surface area contributed by atoms with Gasteiger partial charge in [0.15, 0.2) is 5.75 Å². The predicted molar refractivity (Wildman–Crippen MR) is 69.3 cm³/mol. The lowest BCUT2D eigenvalue weighted by molar-refractivity contribution is -0.194. The molecule has 0 aliphatic carbocycles. The number of hydrogen-bond donors (Lipinski definition) is 0. The number of nitrogens with zero attached hydrogens (tertiary/aromatic N) is 2. The topological polar surface area (TPSA) is 24.9 Å². The van der Waals surface area contributed by atoms with E-state index in [1.807, 2.05) is 12.1 Å². The van der Waals surface area contributed by atoms with Gasteiger partial charge in [0.1, 0.15) is 6.61 Å². The fraction of sp³-hybridized carbons (Fsp3) is 0.429. The standard InChI is InChI=1S/C14H16N2O2/c1-2-6-15-7-9-16(10-8-15)13-4-3-5-14-12(13)11-17-18-14/h1,3-5H,6-11H2. The van der Waals surface area contributed by atoms with Gasteiger partial charge in [-0.2, -0.15) is 4.89 Å². The molecule has 0 amide bonds. The maximum absolute atomic E-state index is 5.34. The fourth-order valence-corrected chi connectivity index (χ4v) is 2.50. The van der Waals surface area contributed by atoms with Crippen LogP contribution in [0.25, 0.3) is 0 Å². The average Bonchev–Trinajstić information content (AvgIpc) is 2.88. The van der Waals surface area contributed by atoms with Crippen molar-refractivity contribution >= 4 is 5.69 Å². The van der Waals surface area contributed by atoms with Gasteiger partial charge in [-0.25, -0.2) is 0 Å². The molecule has 1 aromatic rings. The quantitative estimate of drug-likeness (QED) is 0.578. The molecule has 2 heterocycles. The highest BCUT2D eigenvalue weighted by Gasteiger charge is 2.23. The van der Waals surface area contributed by atoms with Crippen molar-refractivity contribution in [3.63, 3.8) is 0 Å². The Balaban J connectivity index is 1.74. The summed E-state index contributed by atoms with van der Waals surface area (Å²) in [7, 11) is 0. The summed E-state index contributed by atoms with van der Waals surface area (Å²) < 4.78 is 0. The van der Waals surface area contributed by atoms with Crippen molar-refractivity contribution in [3.8, 4) is 18.1 Å². The number of fused-ring (bicyclic) bond motifs is 1. The lowest BCUT2D eigenvalue weighted by Gasteiger charge is -2.35. The van der Waals surface area contributed by atoms with E-state index < -0.39 is 0 Å². The van der Waals surface area contributed by atoms with Crippen LogP contribution in [0.3, 0.4) is 0 Å².